The van der Waals surface area contributed by atoms with E-state index < -0.39 is 16.1 Å². The fourth-order valence-electron chi connectivity index (χ4n) is 3.12. The number of hydrogen-bond acceptors (Lipinski definition) is 5. The summed E-state index contributed by atoms with van der Waals surface area (Å²) in [5.41, 5.74) is 0.696. The van der Waals surface area contributed by atoms with Gasteiger partial charge in [0, 0.05) is 31.1 Å². The lowest BCUT2D eigenvalue weighted by molar-refractivity contribution is 0.251. The van der Waals surface area contributed by atoms with Gasteiger partial charge in [0.05, 0.1) is 17.9 Å². The average molecular weight is 348 g/mol. The van der Waals surface area contributed by atoms with Crippen LogP contribution in [0.1, 0.15) is 31.0 Å². The van der Waals surface area contributed by atoms with Crippen molar-refractivity contribution in [2.24, 2.45) is 0 Å². The first-order valence-corrected chi connectivity index (χ1v) is 9.09. The number of nitrogens with zero attached hydrogens (tertiary/aromatic N) is 4. The molecule has 0 aromatic carbocycles. The lowest BCUT2D eigenvalue weighted by Gasteiger charge is -2.33. The summed E-state index contributed by atoms with van der Waals surface area (Å²) in [5.74, 6) is 0. The van der Waals surface area contributed by atoms with Gasteiger partial charge in [0.2, 0.25) is 10.0 Å². The molecule has 9 nitrogen and oxygen atoms in total. The van der Waals surface area contributed by atoms with Crippen LogP contribution in [-0.4, -0.2) is 44.1 Å². The van der Waals surface area contributed by atoms with Gasteiger partial charge in [0.1, 0.15) is 4.90 Å². The van der Waals surface area contributed by atoms with Gasteiger partial charge in [-0.2, -0.15) is 9.40 Å². The standard InChI is InChI=1S/C14H16N6O3S/c21-14-7-11(18-13-4-5-17-20(13)14)12-3-1-2-6-19(12)24(22,23)10-8-15-16-9-10/h4-5,7-9,12,17H,1-3,6H2,(H,15,16)/t12-/m1/s1. The van der Waals surface area contributed by atoms with Crippen LogP contribution < -0.4 is 5.56 Å². The van der Waals surface area contributed by atoms with Gasteiger partial charge in [-0.25, -0.2) is 17.9 Å². The highest BCUT2D eigenvalue weighted by Crippen LogP contribution is 2.34. The van der Waals surface area contributed by atoms with E-state index in [1.165, 1.54) is 27.3 Å². The van der Waals surface area contributed by atoms with E-state index in [1.54, 1.807) is 12.3 Å². The van der Waals surface area contributed by atoms with Gasteiger partial charge in [0.15, 0.2) is 5.65 Å². The molecule has 1 fully saturated rings. The molecule has 4 heterocycles. The summed E-state index contributed by atoms with van der Waals surface area (Å²) < 4.78 is 28.5. The highest BCUT2D eigenvalue weighted by molar-refractivity contribution is 7.89. The number of H-pyrrole nitrogens is 2. The predicted molar refractivity (Wildman–Crippen MR) is 84.9 cm³/mol. The minimum Gasteiger partial charge on any atom is -0.297 e. The van der Waals surface area contributed by atoms with E-state index in [2.05, 4.69) is 20.3 Å². The number of fused-ring (bicyclic) bond motifs is 1. The van der Waals surface area contributed by atoms with Crippen LogP contribution in [0.3, 0.4) is 0 Å². The molecule has 0 bridgehead atoms. The van der Waals surface area contributed by atoms with Crippen molar-refractivity contribution in [2.75, 3.05) is 6.54 Å². The van der Waals surface area contributed by atoms with Gasteiger partial charge in [0.25, 0.3) is 5.56 Å². The normalized spacial score (nSPS) is 19.8. The first kappa shape index (κ1) is 15.1. The minimum atomic E-state index is -3.69. The van der Waals surface area contributed by atoms with E-state index in [1.807, 2.05) is 0 Å². The molecule has 126 valence electrons. The van der Waals surface area contributed by atoms with Crippen LogP contribution in [0.5, 0.6) is 0 Å². The molecule has 24 heavy (non-hydrogen) atoms. The van der Waals surface area contributed by atoms with Crippen LogP contribution in [0.25, 0.3) is 5.65 Å². The van der Waals surface area contributed by atoms with Crippen LogP contribution in [0.4, 0.5) is 0 Å². The Labute approximate surface area is 137 Å². The zero-order chi connectivity index (χ0) is 16.7. The number of sulfonamides is 1. The van der Waals surface area contributed by atoms with Crippen molar-refractivity contribution in [3.05, 3.63) is 46.8 Å². The second-order valence-electron chi connectivity index (χ2n) is 5.74. The Morgan fingerprint density at radius 3 is 2.96 bits per heavy atom. The molecule has 10 heteroatoms. The SMILES string of the molecule is O=c1cc([C@H]2CCCCN2S(=O)(=O)c2cn[nH]c2)nc2cc[nH]n12. The zero-order valence-corrected chi connectivity index (χ0v) is 13.5. The van der Waals surface area contributed by atoms with Crippen LogP contribution in [0.15, 0.2) is 40.4 Å². The van der Waals surface area contributed by atoms with E-state index in [0.29, 0.717) is 24.3 Å². The largest absolute Gasteiger partial charge is 0.297 e. The third kappa shape index (κ3) is 2.34. The molecule has 4 rings (SSSR count). The molecule has 2 N–H and O–H groups in total. The van der Waals surface area contributed by atoms with Crippen LogP contribution in [-0.2, 0) is 10.0 Å². The highest BCUT2D eigenvalue weighted by atomic mass is 32.2. The fourth-order valence-corrected chi connectivity index (χ4v) is 4.70. The molecule has 1 aliphatic rings. The summed E-state index contributed by atoms with van der Waals surface area (Å²) in [6.07, 6.45) is 6.56. The minimum absolute atomic E-state index is 0.119. The number of piperidine rings is 1. The Balaban J connectivity index is 1.80. The number of hydrogen-bond donors (Lipinski definition) is 2. The molecule has 3 aromatic heterocycles. The monoisotopic (exact) mass is 348 g/mol. The van der Waals surface area contributed by atoms with Gasteiger partial charge < -0.3 is 0 Å². The van der Waals surface area contributed by atoms with Gasteiger partial charge >= 0.3 is 0 Å². The molecule has 0 amide bonds. The molecule has 0 radical (unpaired) electrons. The van der Waals surface area contributed by atoms with E-state index >= 15 is 0 Å². The van der Waals surface area contributed by atoms with E-state index in [4.69, 9.17) is 0 Å². The van der Waals surface area contributed by atoms with Crippen LogP contribution in [0.2, 0.25) is 0 Å². The molecule has 3 aromatic rings. The molecule has 1 atom stereocenters. The molecule has 0 spiro atoms. The van der Waals surface area contributed by atoms with Gasteiger partial charge in [-0.1, -0.05) is 6.42 Å². The van der Waals surface area contributed by atoms with Crippen LogP contribution >= 0.6 is 0 Å². The maximum Gasteiger partial charge on any atom is 0.272 e. The molecule has 0 unspecified atom stereocenters. The molecular weight excluding hydrogens is 332 g/mol. The van der Waals surface area contributed by atoms with Crippen LogP contribution in [0, 0.1) is 0 Å². The summed E-state index contributed by atoms with van der Waals surface area (Å²) in [4.78, 5) is 16.8. The van der Waals surface area contributed by atoms with E-state index in [9.17, 15) is 13.2 Å². The van der Waals surface area contributed by atoms with Crippen molar-refractivity contribution in [1.29, 1.82) is 0 Å². The smallest absolute Gasteiger partial charge is 0.272 e. The molecule has 0 saturated carbocycles. The first-order chi connectivity index (χ1) is 11.6. The summed E-state index contributed by atoms with van der Waals surface area (Å²) in [7, 11) is -3.69. The zero-order valence-electron chi connectivity index (χ0n) is 12.7. The molecule has 1 saturated heterocycles. The Kier molecular flexibility index (Phi) is 3.50. The highest BCUT2D eigenvalue weighted by Gasteiger charge is 2.36. The summed E-state index contributed by atoms with van der Waals surface area (Å²) in [5, 5.41) is 9.03. The molecular formula is C14H16N6O3S. The molecule has 1 aliphatic heterocycles. The van der Waals surface area contributed by atoms with Crippen molar-refractivity contribution in [2.45, 2.75) is 30.2 Å². The second kappa shape index (κ2) is 5.56. The fraction of sp³-hybridized carbons (Fsp3) is 0.357. The van der Waals surface area contributed by atoms with Crippen molar-refractivity contribution in [3.63, 3.8) is 0 Å². The lowest BCUT2D eigenvalue weighted by atomic mass is 10.0. The third-order valence-electron chi connectivity index (χ3n) is 4.28. The number of aromatic nitrogens is 5. The van der Waals surface area contributed by atoms with Crippen molar-refractivity contribution < 1.29 is 8.42 Å². The van der Waals surface area contributed by atoms with Crippen molar-refractivity contribution in [3.8, 4) is 0 Å². The van der Waals surface area contributed by atoms with Gasteiger partial charge in [-0.05, 0) is 12.8 Å². The maximum absolute atomic E-state index is 12.9. The van der Waals surface area contributed by atoms with E-state index in [-0.39, 0.29) is 10.5 Å². The Bertz CT molecular complexity index is 1020. The Morgan fingerprint density at radius 2 is 2.17 bits per heavy atom. The van der Waals surface area contributed by atoms with Gasteiger partial charge in [-0.15, -0.1) is 0 Å². The molecule has 0 aliphatic carbocycles. The van der Waals surface area contributed by atoms with Crippen molar-refractivity contribution >= 4 is 15.7 Å². The maximum atomic E-state index is 12.9. The summed E-state index contributed by atoms with van der Waals surface area (Å²) in [6.45, 7) is 0.395. The Morgan fingerprint density at radius 1 is 1.29 bits per heavy atom. The quantitative estimate of drug-likeness (QED) is 0.721. The number of aromatic amines is 2. The van der Waals surface area contributed by atoms with Crippen molar-refractivity contribution in [1.82, 2.24) is 29.1 Å². The number of nitrogens with one attached hydrogen (secondary N) is 2. The van der Waals surface area contributed by atoms with Gasteiger partial charge in [-0.3, -0.25) is 15.0 Å². The average Bonchev–Trinajstić information content (AvgIpc) is 3.26. The second-order valence-corrected chi connectivity index (χ2v) is 7.63. The lowest BCUT2D eigenvalue weighted by Crippen LogP contribution is -2.39. The summed E-state index contributed by atoms with van der Waals surface area (Å²) in [6, 6.07) is 2.63. The summed E-state index contributed by atoms with van der Waals surface area (Å²) >= 11 is 0. The number of rotatable bonds is 3. The predicted octanol–water partition coefficient (Wildman–Crippen LogP) is 0.662. The first-order valence-electron chi connectivity index (χ1n) is 7.65. The topological polar surface area (TPSA) is 116 Å². The van der Waals surface area contributed by atoms with E-state index in [0.717, 1.165) is 12.8 Å². The third-order valence-corrected chi connectivity index (χ3v) is 6.15. The Hall–Kier alpha value is -2.46.